The first-order valence-electron chi connectivity index (χ1n) is 7.32. The van der Waals surface area contributed by atoms with Crippen LogP contribution in [0, 0.1) is 0 Å². The first-order valence-corrected chi connectivity index (χ1v) is 7.70. The topological polar surface area (TPSA) is 63.1 Å². The van der Waals surface area contributed by atoms with Gasteiger partial charge in [-0.15, -0.1) is 0 Å². The van der Waals surface area contributed by atoms with E-state index in [1.807, 2.05) is 0 Å². The third kappa shape index (κ3) is 2.69. The van der Waals surface area contributed by atoms with E-state index < -0.39 is 5.54 Å². The van der Waals surface area contributed by atoms with Gasteiger partial charge in [-0.1, -0.05) is 23.7 Å². The van der Waals surface area contributed by atoms with Gasteiger partial charge in [0.2, 0.25) is 0 Å². The van der Waals surface area contributed by atoms with E-state index >= 15 is 0 Å². The fraction of sp³-hybridized carbons (Fsp3) is 0.467. The molecule has 0 aromatic heterocycles. The van der Waals surface area contributed by atoms with E-state index in [0.717, 1.165) is 18.7 Å². The molecule has 22 heavy (non-hydrogen) atoms. The number of rotatable bonds is 3. The lowest BCUT2D eigenvalue weighted by molar-refractivity contribution is -0.915. The monoisotopic (exact) mass is 324 g/mol. The lowest BCUT2D eigenvalue weighted by atomic mass is 9.92. The average Bonchev–Trinajstić information content (AvgIpc) is 2.73. The molecule has 0 aliphatic carbocycles. The second-order valence-electron chi connectivity index (χ2n) is 5.82. The lowest BCUT2D eigenvalue weighted by Gasteiger charge is -2.27. The zero-order valence-electron chi connectivity index (χ0n) is 12.4. The number of nitrogens with one attached hydrogen (secondary N) is 2. The van der Waals surface area contributed by atoms with Crippen LogP contribution in [0.25, 0.3) is 0 Å². The number of carbonyl (C=O) groups excluding carboxylic acids is 2. The minimum atomic E-state index is -1.03. The molecule has 2 fully saturated rings. The molecule has 1 aromatic rings. The molecule has 6 nitrogen and oxygen atoms in total. The van der Waals surface area contributed by atoms with Crippen LogP contribution >= 0.6 is 11.6 Å². The van der Waals surface area contributed by atoms with E-state index in [4.69, 9.17) is 16.3 Å². The molecule has 3 amide bonds. The second kappa shape index (κ2) is 5.87. The zero-order chi connectivity index (χ0) is 15.7. The number of amides is 3. The molecule has 0 radical (unpaired) electrons. The highest BCUT2D eigenvalue weighted by Gasteiger charge is 2.50. The summed E-state index contributed by atoms with van der Waals surface area (Å²) in [5.41, 5.74) is -0.303. The van der Waals surface area contributed by atoms with Gasteiger partial charge in [-0.25, -0.2) is 9.69 Å². The summed E-state index contributed by atoms with van der Waals surface area (Å²) < 4.78 is 5.30. The zero-order valence-corrected chi connectivity index (χ0v) is 13.2. The molecule has 2 aliphatic rings. The van der Waals surface area contributed by atoms with Crippen molar-refractivity contribution in [2.45, 2.75) is 12.5 Å². The van der Waals surface area contributed by atoms with Gasteiger partial charge in [0.1, 0.15) is 18.6 Å². The summed E-state index contributed by atoms with van der Waals surface area (Å²) in [7, 11) is 0. The molecule has 3 rings (SSSR count). The van der Waals surface area contributed by atoms with Crippen LogP contribution in [-0.4, -0.2) is 49.8 Å². The molecule has 2 N–H and O–H groups in total. The quantitative estimate of drug-likeness (QED) is 0.768. The molecule has 2 saturated heterocycles. The van der Waals surface area contributed by atoms with Gasteiger partial charge in [-0.2, -0.15) is 0 Å². The largest absolute Gasteiger partial charge is 0.370 e. The standard InChI is InChI=1S/C15H18ClN3O3/c1-15(11-2-4-12(16)5-3-11)13(20)19(14(21)17-15)10-18-6-8-22-9-7-18/h2-5H,6-10H2,1H3,(H,17,21)/p+1/t15-/m1/s1. The SMILES string of the molecule is C[C@]1(c2ccc(Cl)cc2)NC(=O)N(C[NH+]2CCOCC2)C1=O. The second-order valence-corrected chi connectivity index (χ2v) is 6.25. The van der Waals surface area contributed by atoms with Crippen molar-refractivity contribution >= 4 is 23.5 Å². The van der Waals surface area contributed by atoms with Gasteiger partial charge in [0.25, 0.3) is 5.91 Å². The lowest BCUT2D eigenvalue weighted by Crippen LogP contribution is -3.15. The normalized spacial score (nSPS) is 26.4. The molecular formula is C15H19ClN3O3+. The number of morpholine rings is 1. The number of halogens is 1. The fourth-order valence-corrected chi connectivity index (χ4v) is 2.99. The molecule has 0 saturated carbocycles. The van der Waals surface area contributed by atoms with E-state index in [2.05, 4.69) is 5.32 Å². The summed E-state index contributed by atoms with van der Waals surface area (Å²) in [4.78, 5) is 27.5. The molecule has 7 heteroatoms. The van der Waals surface area contributed by atoms with Gasteiger partial charge in [0, 0.05) is 5.02 Å². The third-order valence-corrected chi connectivity index (χ3v) is 4.53. The van der Waals surface area contributed by atoms with E-state index in [1.54, 1.807) is 31.2 Å². The van der Waals surface area contributed by atoms with Crippen LogP contribution in [0.4, 0.5) is 4.79 Å². The van der Waals surface area contributed by atoms with Crippen LogP contribution in [-0.2, 0) is 15.1 Å². The molecule has 2 heterocycles. The number of nitrogens with zero attached hydrogens (tertiary/aromatic N) is 1. The number of urea groups is 1. The third-order valence-electron chi connectivity index (χ3n) is 4.28. The van der Waals surface area contributed by atoms with E-state index in [0.29, 0.717) is 24.9 Å². The number of quaternary nitrogens is 1. The Balaban J connectivity index is 1.79. The molecule has 2 aliphatic heterocycles. The van der Waals surface area contributed by atoms with Crippen molar-refractivity contribution in [3.8, 4) is 0 Å². The van der Waals surface area contributed by atoms with Gasteiger partial charge in [-0.3, -0.25) is 4.79 Å². The highest BCUT2D eigenvalue weighted by Crippen LogP contribution is 2.29. The van der Waals surface area contributed by atoms with Crippen molar-refractivity contribution in [1.29, 1.82) is 0 Å². The maximum atomic E-state index is 12.8. The van der Waals surface area contributed by atoms with Crippen molar-refractivity contribution in [1.82, 2.24) is 10.2 Å². The summed E-state index contributed by atoms with van der Waals surface area (Å²) in [6.07, 6.45) is 0. The van der Waals surface area contributed by atoms with Gasteiger partial charge in [0.15, 0.2) is 6.67 Å². The van der Waals surface area contributed by atoms with Crippen molar-refractivity contribution in [2.75, 3.05) is 33.0 Å². The summed E-state index contributed by atoms with van der Waals surface area (Å²) in [5.74, 6) is -0.223. The minimum Gasteiger partial charge on any atom is -0.370 e. The molecule has 1 atom stereocenters. The Morgan fingerprint density at radius 2 is 1.91 bits per heavy atom. The van der Waals surface area contributed by atoms with Crippen molar-refractivity contribution in [3.63, 3.8) is 0 Å². The first-order chi connectivity index (χ1) is 10.5. The van der Waals surface area contributed by atoms with Crippen LogP contribution in [0.2, 0.25) is 5.02 Å². The summed E-state index contributed by atoms with van der Waals surface area (Å²) in [6, 6.07) is 6.63. The Hall–Kier alpha value is -1.63. The Morgan fingerprint density at radius 1 is 1.27 bits per heavy atom. The first kappa shape index (κ1) is 15.3. The predicted octanol–water partition coefficient (Wildman–Crippen LogP) is -0.0204. The number of carbonyl (C=O) groups is 2. The summed E-state index contributed by atoms with van der Waals surface area (Å²) >= 11 is 5.89. The Morgan fingerprint density at radius 3 is 2.55 bits per heavy atom. The van der Waals surface area contributed by atoms with Gasteiger partial charge in [0.05, 0.1) is 13.2 Å². The average molecular weight is 325 g/mol. The summed E-state index contributed by atoms with van der Waals surface area (Å²) in [5, 5.41) is 3.40. The molecule has 0 bridgehead atoms. The smallest absolute Gasteiger partial charge is 0.329 e. The molecule has 1 aromatic carbocycles. The molecular weight excluding hydrogens is 306 g/mol. The number of benzene rings is 1. The molecule has 0 spiro atoms. The maximum absolute atomic E-state index is 12.8. The molecule has 118 valence electrons. The highest BCUT2D eigenvalue weighted by atomic mass is 35.5. The van der Waals surface area contributed by atoms with Crippen LogP contribution in [0.5, 0.6) is 0 Å². The van der Waals surface area contributed by atoms with E-state index in [1.165, 1.54) is 9.80 Å². The van der Waals surface area contributed by atoms with Gasteiger partial charge < -0.3 is 15.0 Å². The number of imide groups is 1. The van der Waals surface area contributed by atoms with Crippen LogP contribution < -0.4 is 10.2 Å². The Bertz CT molecular complexity index is 586. The number of hydrogen-bond donors (Lipinski definition) is 2. The number of ether oxygens (including phenoxy) is 1. The minimum absolute atomic E-state index is 0.223. The highest BCUT2D eigenvalue weighted by molar-refractivity contribution is 6.30. The Labute approximate surface area is 134 Å². The van der Waals surface area contributed by atoms with Crippen LogP contribution in [0.15, 0.2) is 24.3 Å². The van der Waals surface area contributed by atoms with E-state index in [-0.39, 0.29) is 11.9 Å². The fourth-order valence-electron chi connectivity index (χ4n) is 2.86. The predicted molar refractivity (Wildman–Crippen MR) is 80.6 cm³/mol. The maximum Gasteiger partial charge on any atom is 0.329 e. The van der Waals surface area contributed by atoms with Gasteiger partial charge >= 0.3 is 6.03 Å². The van der Waals surface area contributed by atoms with Gasteiger partial charge in [-0.05, 0) is 24.6 Å². The Kier molecular flexibility index (Phi) is 4.08. The van der Waals surface area contributed by atoms with Crippen molar-refractivity contribution in [3.05, 3.63) is 34.9 Å². The van der Waals surface area contributed by atoms with E-state index in [9.17, 15) is 9.59 Å². The molecule has 0 unspecified atom stereocenters. The van der Waals surface area contributed by atoms with Crippen molar-refractivity contribution < 1.29 is 19.2 Å². The van der Waals surface area contributed by atoms with Crippen molar-refractivity contribution in [2.24, 2.45) is 0 Å². The van der Waals surface area contributed by atoms with Crippen LogP contribution in [0.1, 0.15) is 12.5 Å². The number of hydrogen-bond acceptors (Lipinski definition) is 3. The van der Waals surface area contributed by atoms with Crippen LogP contribution in [0.3, 0.4) is 0 Å². The summed E-state index contributed by atoms with van der Waals surface area (Å²) in [6.45, 7) is 5.02.